The minimum Gasteiger partial charge on any atom is -0.472 e. The molecule has 4 heteroatoms. The SMILES string of the molecule is CCNC(Cc1ccoc1)Cc1c(F)cccc1F. The summed E-state index contributed by atoms with van der Waals surface area (Å²) in [6, 6.07) is 5.81. The first kappa shape index (κ1) is 13.7. The molecule has 0 saturated heterocycles. The second-order valence-electron chi connectivity index (χ2n) is 4.49. The van der Waals surface area contributed by atoms with E-state index in [2.05, 4.69) is 5.32 Å². The van der Waals surface area contributed by atoms with Gasteiger partial charge in [-0.3, -0.25) is 0 Å². The summed E-state index contributed by atoms with van der Waals surface area (Å²) in [5.74, 6) is -0.981. The van der Waals surface area contributed by atoms with Crippen molar-refractivity contribution in [1.82, 2.24) is 5.32 Å². The topological polar surface area (TPSA) is 25.2 Å². The Balaban J connectivity index is 2.12. The molecule has 1 atom stereocenters. The molecule has 0 amide bonds. The maximum Gasteiger partial charge on any atom is 0.129 e. The van der Waals surface area contributed by atoms with Crippen LogP contribution in [0, 0.1) is 11.6 Å². The third-order valence-electron chi connectivity index (χ3n) is 3.07. The van der Waals surface area contributed by atoms with Crippen molar-refractivity contribution < 1.29 is 13.2 Å². The summed E-state index contributed by atoms with van der Waals surface area (Å²) in [4.78, 5) is 0. The fourth-order valence-electron chi connectivity index (χ4n) is 2.17. The summed E-state index contributed by atoms with van der Waals surface area (Å²) in [6.45, 7) is 2.72. The lowest BCUT2D eigenvalue weighted by atomic mass is 9.99. The molecule has 0 radical (unpaired) electrons. The van der Waals surface area contributed by atoms with E-state index in [1.54, 1.807) is 12.5 Å². The third kappa shape index (κ3) is 3.64. The van der Waals surface area contributed by atoms with Gasteiger partial charge in [0.1, 0.15) is 11.6 Å². The van der Waals surface area contributed by atoms with Crippen LogP contribution in [0.25, 0.3) is 0 Å². The molecule has 1 unspecified atom stereocenters. The van der Waals surface area contributed by atoms with E-state index in [1.165, 1.54) is 18.2 Å². The lowest BCUT2D eigenvalue weighted by molar-refractivity contribution is 0.481. The highest BCUT2D eigenvalue weighted by atomic mass is 19.1. The average molecular weight is 265 g/mol. The van der Waals surface area contributed by atoms with Gasteiger partial charge in [-0.15, -0.1) is 0 Å². The van der Waals surface area contributed by atoms with Gasteiger partial charge in [0.15, 0.2) is 0 Å². The minimum absolute atomic E-state index is 0.0194. The summed E-state index contributed by atoms with van der Waals surface area (Å²) in [6.07, 6.45) is 4.25. The second-order valence-corrected chi connectivity index (χ2v) is 4.49. The molecular weight excluding hydrogens is 248 g/mol. The van der Waals surface area contributed by atoms with Crippen LogP contribution in [0.4, 0.5) is 8.78 Å². The Labute approximate surface area is 111 Å². The molecule has 0 aliphatic carbocycles. The van der Waals surface area contributed by atoms with Gasteiger partial charge in [0, 0.05) is 11.6 Å². The van der Waals surface area contributed by atoms with Crippen LogP contribution in [-0.2, 0) is 12.8 Å². The van der Waals surface area contributed by atoms with E-state index in [1.807, 2.05) is 13.0 Å². The minimum atomic E-state index is -0.491. The third-order valence-corrected chi connectivity index (χ3v) is 3.07. The fourth-order valence-corrected chi connectivity index (χ4v) is 2.17. The van der Waals surface area contributed by atoms with Crippen molar-refractivity contribution in [2.45, 2.75) is 25.8 Å². The molecule has 0 spiro atoms. The number of nitrogens with one attached hydrogen (secondary N) is 1. The van der Waals surface area contributed by atoms with Crippen LogP contribution in [0.2, 0.25) is 0 Å². The maximum atomic E-state index is 13.6. The molecule has 2 aromatic rings. The summed E-state index contributed by atoms with van der Waals surface area (Å²) in [5, 5.41) is 3.25. The van der Waals surface area contributed by atoms with Gasteiger partial charge in [0.25, 0.3) is 0 Å². The number of rotatable bonds is 6. The van der Waals surface area contributed by atoms with Crippen LogP contribution in [0.5, 0.6) is 0 Å². The number of likely N-dealkylation sites (N-methyl/N-ethyl adjacent to an activating group) is 1. The van der Waals surface area contributed by atoms with Crippen LogP contribution < -0.4 is 5.32 Å². The van der Waals surface area contributed by atoms with E-state index < -0.39 is 11.6 Å². The van der Waals surface area contributed by atoms with E-state index in [-0.39, 0.29) is 11.6 Å². The molecule has 1 aromatic carbocycles. The maximum absolute atomic E-state index is 13.6. The smallest absolute Gasteiger partial charge is 0.129 e. The van der Waals surface area contributed by atoms with Gasteiger partial charge in [-0.05, 0) is 43.1 Å². The zero-order chi connectivity index (χ0) is 13.7. The Kier molecular flexibility index (Phi) is 4.68. The fraction of sp³-hybridized carbons (Fsp3) is 0.333. The molecular formula is C15H17F2NO. The van der Waals surface area contributed by atoms with Crippen molar-refractivity contribution in [2.24, 2.45) is 0 Å². The summed E-state index contributed by atoms with van der Waals surface area (Å²) in [5.41, 5.74) is 1.15. The highest BCUT2D eigenvalue weighted by molar-refractivity contribution is 5.21. The zero-order valence-corrected chi connectivity index (χ0v) is 10.8. The Morgan fingerprint density at radius 3 is 2.47 bits per heavy atom. The Morgan fingerprint density at radius 2 is 1.89 bits per heavy atom. The normalized spacial score (nSPS) is 12.6. The average Bonchev–Trinajstić information content (AvgIpc) is 2.87. The molecule has 1 heterocycles. The predicted octanol–water partition coefficient (Wildman–Crippen LogP) is 3.32. The first-order valence-electron chi connectivity index (χ1n) is 6.38. The molecule has 0 bridgehead atoms. The Morgan fingerprint density at radius 1 is 1.16 bits per heavy atom. The van der Waals surface area contributed by atoms with E-state index in [0.29, 0.717) is 12.8 Å². The van der Waals surface area contributed by atoms with Crippen LogP contribution in [0.15, 0.2) is 41.2 Å². The van der Waals surface area contributed by atoms with Gasteiger partial charge >= 0.3 is 0 Å². The standard InChI is InChI=1S/C15H17F2NO/c1-2-18-12(8-11-6-7-19-10-11)9-13-14(16)4-3-5-15(13)17/h3-7,10,12,18H,2,8-9H2,1H3. The van der Waals surface area contributed by atoms with Gasteiger partial charge in [0.2, 0.25) is 0 Å². The molecule has 0 aliphatic heterocycles. The largest absolute Gasteiger partial charge is 0.472 e. The molecule has 2 rings (SSSR count). The molecule has 102 valence electrons. The predicted molar refractivity (Wildman–Crippen MR) is 69.9 cm³/mol. The first-order valence-corrected chi connectivity index (χ1v) is 6.38. The monoisotopic (exact) mass is 265 g/mol. The number of halogens is 2. The summed E-state index contributed by atoms with van der Waals surface area (Å²) >= 11 is 0. The lowest BCUT2D eigenvalue weighted by Crippen LogP contribution is -2.33. The van der Waals surface area contributed by atoms with E-state index in [4.69, 9.17) is 4.42 Å². The van der Waals surface area contributed by atoms with Gasteiger partial charge in [-0.25, -0.2) is 8.78 Å². The highest BCUT2D eigenvalue weighted by Gasteiger charge is 2.16. The van der Waals surface area contributed by atoms with Crippen molar-refractivity contribution in [1.29, 1.82) is 0 Å². The van der Waals surface area contributed by atoms with E-state index in [0.717, 1.165) is 12.1 Å². The first-order chi connectivity index (χ1) is 9.20. The Bertz CT molecular complexity index is 491. The molecule has 0 saturated carbocycles. The number of benzene rings is 1. The van der Waals surface area contributed by atoms with Gasteiger partial charge < -0.3 is 9.73 Å². The molecule has 0 fully saturated rings. The van der Waals surface area contributed by atoms with Crippen LogP contribution >= 0.6 is 0 Å². The molecule has 1 N–H and O–H groups in total. The zero-order valence-electron chi connectivity index (χ0n) is 10.8. The van der Waals surface area contributed by atoms with Crippen LogP contribution in [0.1, 0.15) is 18.1 Å². The summed E-state index contributed by atoms with van der Waals surface area (Å²) in [7, 11) is 0. The number of hydrogen-bond donors (Lipinski definition) is 1. The molecule has 0 aliphatic rings. The highest BCUT2D eigenvalue weighted by Crippen LogP contribution is 2.16. The van der Waals surface area contributed by atoms with E-state index in [9.17, 15) is 8.78 Å². The van der Waals surface area contributed by atoms with Gasteiger partial charge in [-0.2, -0.15) is 0 Å². The molecule has 2 nitrogen and oxygen atoms in total. The van der Waals surface area contributed by atoms with Crippen molar-refractivity contribution >= 4 is 0 Å². The molecule has 19 heavy (non-hydrogen) atoms. The van der Waals surface area contributed by atoms with Gasteiger partial charge in [0.05, 0.1) is 12.5 Å². The van der Waals surface area contributed by atoms with Gasteiger partial charge in [-0.1, -0.05) is 13.0 Å². The van der Waals surface area contributed by atoms with Crippen molar-refractivity contribution in [3.8, 4) is 0 Å². The Hall–Kier alpha value is -1.68. The van der Waals surface area contributed by atoms with Crippen molar-refractivity contribution in [3.63, 3.8) is 0 Å². The second kappa shape index (κ2) is 6.48. The van der Waals surface area contributed by atoms with Crippen LogP contribution in [-0.4, -0.2) is 12.6 Å². The summed E-state index contributed by atoms with van der Waals surface area (Å²) < 4.78 is 32.3. The lowest BCUT2D eigenvalue weighted by Gasteiger charge is -2.18. The number of furan rings is 1. The number of hydrogen-bond acceptors (Lipinski definition) is 2. The van der Waals surface area contributed by atoms with Crippen molar-refractivity contribution in [2.75, 3.05) is 6.54 Å². The van der Waals surface area contributed by atoms with E-state index >= 15 is 0 Å². The molecule has 1 aromatic heterocycles. The quantitative estimate of drug-likeness (QED) is 0.866. The van der Waals surface area contributed by atoms with Crippen LogP contribution in [0.3, 0.4) is 0 Å². The van der Waals surface area contributed by atoms with Crippen molar-refractivity contribution in [3.05, 3.63) is 59.6 Å².